The zero-order chi connectivity index (χ0) is 14.2. The summed E-state index contributed by atoms with van der Waals surface area (Å²) in [6, 6.07) is 4.56. The lowest BCUT2D eigenvalue weighted by Crippen LogP contribution is -2.56. The van der Waals surface area contributed by atoms with Gasteiger partial charge in [-0.3, -0.25) is 0 Å². The van der Waals surface area contributed by atoms with Crippen molar-refractivity contribution in [3.8, 4) is 0 Å². The van der Waals surface area contributed by atoms with E-state index in [1.807, 2.05) is 0 Å². The van der Waals surface area contributed by atoms with E-state index in [4.69, 9.17) is 0 Å². The van der Waals surface area contributed by atoms with Crippen LogP contribution in [0.1, 0.15) is 11.7 Å². The Morgan fingerprint density at radius 1 is 0.722 bits per heavy atom. The summed E-state index contributed by atoms with van der Waals surface area (Å²) in [4.78, 5) is 0. The quantitative estimate of drug-likeness (QED) is 0.697. The number of halogens is 8. The molecule has 1 atom stereocenters. The maximum absolute atomic E-state index is 13.4. The van der Waals surface area contributed by atoms with Gasteiger partial charge in [-0.15, -0.1) is 0 Å². The van der Waals surface area contributed by atoms with Crippen LogP contribution in [0.15, 0.2) is 30.3 Å². The number of rotatable bonds is 2. The van der Waals surface area contributed by atoms with E-state index in [1.165, 1.54) is 6.07 Å². The second-order valence-electron chi connectivity index (χ2n) is 3.48. The molecule has 8 heteroatoms. The van der Waals surface area contributed by atoms with Gasteiger partial charge < -0.3 is 0 Å². The molecule has 0 saturated heterocycles. The standard InChI is InChI=1S/C10H6F8/c11-7(6-4-2-1-3-5-6)8(12,9(13,14)15)10(16,17)18/h1-5,7H. The van der Waals surface area contributed by atoms with Crippen molar-refractivity contribution in [3.05, 3.63) is 35.9 Å². The summed E-state index contributed by atoms with van der Waals surface area (Å²) in [7, 11) is 0. The molecular formula is C10H6F8. The van der Waals surface area contributed by atoms with Gasteiger partial charge in [0.15, 0.2) is 6.17 Å². The van der Waals surface area contributed by atoms with Gasteiger partial charge in [0, 0.05) is 0 Å². The first-order valence-electron chi connectivity index (χ1n) is 4.53. The number of hydrogen-bond donors (Lipinski definition) is 0. The molecule has 0 amide bonds. The summed E-state index contributed by atoms with van der Waals surface area (Å²) < 4.78 is 99.8. The van der Waals surface area contributed by atoms with Crippen LogP contribution in [0.5, 0.6) is 0 Å². The van der Waals surface area contributed by atoms with Gasteiger partial charge >= 0.3 is 18.0 Å². The molecular weight excluding hydrogens is 272 g/mol. The highest BCUT2D eigenvalue weighted by molar-refractivity contribution is 5.23. The molecule has 0 saturated carbocycles. The molecule has 0 aliphatic rings. The molecule has 0 N–H and O–H groups in total. The van der Waals surface area contributed by atoms with Crippen molar-refractivity contribution in [3.63, 3.8) is 0 Å². The topological polar surface area (TPSA) is 0 Å². The van der Waals surface area contributed by atoms with Gasteiger partial charge in [0.25, 0.3) is 0 Å². The van der Waals surface area contributed by atoms with Crippen molar-refractivity contribution in [2.24, 2.45) is 0 Å². The first kappa shape index (κ1) is 14.7. The monoisotopic (exact) mass is 278 g/mol. The Bertz CT molecular complexity index is 377. The van der Waals surface area contributed by atoms with E-state index in [9.17, 15) is 35.1 Å². The first-order valence-corrected chi connectivity index (χ1v) is 4.53. The van der Waals surface area contributed by atoms with Crippen LogP contribution >= 0.6 is 0 Å². The predicted molar refractivity (Wildman–Crippen MR) is 46.2 cm³/mol. The third kappa shape index (κ3) is 2.28. The van der Waals surface area contributed by atoms with Crippen molar-refractivity contribution in [2.45, 2.75) is 24.2 Å². The van der Waals surface area contributed by atoms with Crippen LogP contribution in [0.25, 0.3) is 0 Å². The first-order chi connectivity index (χ1) is 8.02. The minimum atomic E-state index is -6.40. The summed E-state index contributed by atoms with van der Waals surface area (Å²) in [5.41, 5.74) is -6.96. The van der Waals surface area contributed by atoms with Crippen molar-refractivity contribution >= 4 is 0 Å². The third-order valence-electron chi connectivity index (χ3n) is 2.27. The Balaban J connectivity index is 3.30. The van der Waals surface area contributed by atoms with Crippen LogP contribution in [0.3, 0.4) is 0 Å². The molecule has 1 rings (SSSR count). The van der Waals surface area contributed by atoms with Crippen LogP contribution in [0, 0.1) is 0 Å². The van der Waals surface area contributed by atoms with Gasteiger partial charge in [0.05, 0.1) is 0 Å². The smallest absolute Gasteiger partial charge is 0.238 e. The molecule has 0 aliphatic carbocycles. The lowest BCUT2D eigenvalue weighted by molar-refractivity contribution is -0.359. The molecule has 0 aromatic heterocycles. The number of benzene rings is 1. The molecule has 0 nitrogen and oxygen atoms in total. The Kier molecular flexibility index (Phi) is 3.60. The SMILES string of the molecule is FC(c1ccccc1)C(F)(C(F)(F)F)C(F)(F)F. The molecule has 1 unspecified atom stereocenters. The van der Waals surface area contributed by atoms with Crippen molar-refractivity contribution in [2.75, 3.05) is 0 Å². The summed E-state index contributed by atoms with van der Waals surface area (Å²) in [6.07, 6.45) is -16.7. The van der Waals surface area contributed by atoms with Crippen LogP contribution < -0.4 is 0 Å². The van der Waals surface area contributed by atoms with Gasteiger partial charge in [-0.1, -0.05) is 30.3 Å². The van der Waals surface area contributed by atoms with Gasteiger partial charge in [-0.05, 0) is 5.56 Å². The highest BCUT2D eigenvalue weighted by atomic mass is 19.4. The molecule has 18 heavy (non-hydrogen) atoms. The summed E-state index contributed by atoms with van der Waals surface area (Å²) in [5.74, 6) is 0. The molecule has 0 radical (unpaired) electrons. The summed E-state index contributed by atoms with van der Waals surface area (Å²) in [5, 5.41) is 0. The lowest BCUT2D eigenvalue weighted by Gasteiger charge is -2.32. The van der Waals surface area contributed by atoms with Crippen molar-refractivity contribution < 1.29 is 35.1 Å². The van der Waals surface area contributed by atoms with Gasteiger partial charge in [-0.25, -0.2) is 8.78 Å². The maximum atomic E-state index is 13.4. The number of alkyl halides is 8. The Hall–Kier alpha value is -1.34. The molecule has 0 fully saturated rings. The third-order valence-corrected chi connectivity index (χ3v) is 2.27. The van der Waals surface area contributed by atoms with Gasteiger partial charge in [0.2, 0.25) is 0 Å². The van der Waals surface area contributed by atoms with E-state index < -0.39 is 29.8 Å². The normalized spacial score (nSPS) is 15.6. The van der Waals surface area contributed by atoms with Crippen molar-refractivity contribution in [1.82, 2.24) is 0 Å². The zero-order valence-electron chi connectivity index (χ0n) is 8.49. The van der Waals surface area contributed by atoms with E-state index >= 15 is 0 Å². The van der Waals surface area contributed by atoms with Gasteiger partial charge in [0.1, 0.15) is 0 Å². The molecule has 0 aliphatic heterocycles. The van der Waals surface area contributed by atoms with E-state index in [1.54, 1.807) is 0 Å². The fourth-order valence-corrected chi connectivity index (χ4v) is 1.30. The largest absolute Gasteiger partial charge is 0.434 e. The lowest BCUT2D eigenvalue weighted by atomic mass is 9.92. The molecule has 102 valence electrons. The fourth-order valence-electron chi connectivity index (χ4n) is 1.30. The van der Waals surface area contributed by atoms with Crippen LogP contribution in [0.2, 0.25) is 0 Å². The highest BCUT2D eigenvalue weighted by Crippen LogP contribution is 2.54. The Morgan fingerprint density at radius 3 is 1.44 bits per heavy atom. The summed E-state index contributed by atoms with van der Waals surface area (Å²) >= 11 is 0. The van der Waals surface area contributed by atoms with Crippen LogP contribution in [0.4, 0.5) is 35.1 Å². The maximum Gasteiger partial charge on any atom is 0.434 e. The van der Waals surface area contributed by atoms with E-state index in [0.29, 0.717) is 12.1 Å². The second-order valence-corrected chi connectivity index (χ2v) is 3.48. The average Bonchev–Trinajstić information content (AvgIpc) is 2.25. The summed E-state index contributed by atoms with van der Waals surface area (Å²) in [6.45, 7) is 0. The Labute approximate surface area is 96.2 Å². The minimum absolute atomic E-state index is 0.649. The van der Waals surface area contributed by atoms with Crippen molar-refractivity contribution in [1.29, 1.82) is 0 Å². The van der Waals surface area contributed by atoms with E-state index in [0.717, 1.165) is 12.1 Å². The Morgan fingerprint density at radius 2 is 1.11 bits per heavy atom. The zero-order valence-corrected chi connectivity index (χ0v) is 8.49. The fraction of sp³-hybridized carbons (Fsp3) is 0.400. The molecule has 0 heterocycles. The number of hydrogen-bond acceptors (Lipinski definition) is 0. The average molecular weight is 278 g/mol. The van der Waals surface area contributed by atoms with Crippen LogP contribution in [-0.2, 0) is 0 Å². The second kappa shape index (κ2) is 4.40. The molecule has 0 bridgehead atoms. The minimum Gasteiger partial charge on any atom is -0.238 e. The highest BCUT2D eigenvalue weighted by Gasteiger charge is 2.77. The predicted octanol–water partition coefficient (Wildman–Crippen LogP) is 4.53. The molecule has 1 aromatic carbocycles. The molecule has 1 aromatic rings. The van der Waals surface area contributed by atoms with E-state index in [-0.39, 0.29) is 0 Å². The van der Waals surface area contributed by atoms with Crippen LogP contribution in [-0.4, -0.2) is 18.0 Å². The van der Waals surface area contributed by atoms with Gasteiger partial charge in [-0.2, -0.15) is 26.3 Å². The molecule has 0 spiro atoms. The van der Waals surface area contributed by atoms with E-state index in [2.05, 4.69) is 0 Å².